The van der Waals surface area contributed by atoms with Crippen LogP contribution in [0.25, 0.3) is 23.0 Å². The molecule has 1 aliphatic heterocycles. The van der Waals surface area contributed by atoms with Crippen molar-refractivity contribution < 1.29 is 14.3 Å². The number of amides is 1. The molecule has 0 spiro atoms. The zero-order valence-corrected chi connectivity index (χ0v) is 22.8. The quantitative estimate of drug-likeness (QED) is 0.184. The van der Waals surface area contributed by atoms with Gasteiger partial charge in [-0.15, -0.1) is 0 Å². The third-order valence-electron chi connectivity index (χ3n) is 6.10. The van der Waals surface area contributed by atoms with Crippen LogP contribution in [0, 0.1) is 6.92 Å². The normalized spacial score (nSPS) is 14.5. The van der Waals surface area contributed by atoms with E-state index in [9.17, 15) is 4.79 Å². The maximum Gasteiger partial charge on any atom is 0.266 e. The van der Waals surface area contributed by atoms with Crippen LogP contribution in [0.5, 0.6) is 5.75 Å². The van der Waals surface area contributed by atoms with Crippen LogP contribution in [0.4, 0.5) is 0 Å². The molecule has 1 saturated heterocycles. The van der Waals surface area contributed by atoms with Gasteiger partial charge in [-0.2, -0.15) is 5.10 Å². The summed E-state index contributed by atoms with van der Waals surface area (Å²) in [6, 6.07) is 26.1. The number of aryl methyl sites for hydroxylation is 1. The number of hydrogen-bond acceptors (Lipinski definition) is 6. The van der Waals surface area contributed by atoms with E-state index in [0.29, 0.717) is 29.0 Å². The number of carbonyl (C=O) groups is 1. The summed E-state index contributed by atoms with van der Waals surface area (Å²) in [5.74, 6) is 0.660. The zero-order valence-electron chi connectivity index (χ0n) is 21.2. The lowest BCUT2D eigenvalue weighted by atomic mass is 10.1. The van der Waals surface area contributed by atoms with Gasteiger partial charge in [0.05, 0.1) is 29.4 Å². The van der Waals surface area contributed by atoms with Crippen molar-refractivity contribution >= 4 is 40.3 Å². The van der Waals surface area contributed by atoms with E-state index in [1.807, 2.05) is 71.6 Å². The summed E-state index contributed by atoms with van der Waals surface area (Å²) >= 11 is 6.75. The summed E-state index contributed by atoms with van der Waals surface area (Å²) in [5, 5.41) is 4.88. The first-order valence-corrected chi connectivity index (χ1v) is 13.4. The van der Waals surface area contributed by atoms with Crippen molar-refractivity contribution in [2.75, 3.05) is 20.3 Å². The number of nitrogens with zero attached hydrogens (tertiary/aromatic N) is 3. The van der Waals surface area contributed by atoms with Crippen molar-refractivity contribution in [3.05, 3.63) is 107 Å². The van der Waals surface area contributed by atoms with Crippen molar-refractivity contribution in [1.29, 1.82) is 0 Å². The number of thiocarbonyl (C=S) groups is 1. The molecule has 0 unspecified atom stereocenters. The molecule has 6 nitrogen and oxygen atoms in total. The Morgan fingerprint density at radius 1 is 1.00 bits per heavy atom. The van der Waals surface area contributed by atoms with E-state index in [0.717, 1.165) is 33.8 Å². The number of thioether (sulfide) groups is 1. The molecule has 1 aliphatic rings. The van der Waals surface area contributed by atoms with Crippen LogP contribution in [-0.2, 0) is 16.1 Å². The van der Waals surface area contributed by atoms with Gasteiger partial charge in [-0.25, -0.2) is 4.68 Å². The molecule has 4 aromatic rings. The van der Waals surface area contributed by atoms with E-state index >= 15 is 0 Å². The van der Waals surface area contributed by atoms with Gasteiger partial charge in [0.1, 0.15) is 16.7 Å². The smallest absolute Gasteiger partial charge is 0.266 e. The van der Waals surface area contributed by atoms with Gasteiger partial charge < -0.3 is 9.47 Å². The van der Waals surface area contributed by atoms with Crippen molar-refractivity contribution in [2.45, 2.75) is 13.5 Å². The van der Waals surface area contributed by atoms with Crippen LogP contribution in [0.2, 0.25) is 0 Å². The Labute approximate surface area is 231 Å². The predicted octanol–water partition coefficient (Wildman–Crippen LogP) is 6.27. The summed E-state index contributed by atoms with van der Waals surface area (Å²) < 4.78 is 13.5. The Hall–Kier alpha value is -3.72. The average molecular weight is 542 g/mol. The third-order valence-corrected chi connectivity index (χ3v) is 7.47. The molecule has 1 aromatic heterocycles. The third kappa shape index (κ3) is 5.88. The van der Waals surface area contributed by atoms with Crippen molar-refractivity contribution in [2.24, 2.45) is 0 Å². The number of hydrogen-bond donors (Lipinski definition) is 0. The van der Waals surface area contributed by atoms with Crippen LogP contribution < -0.4 is 4.74 Å². The minimum absolute atomic E-state index is 0.115. The molecule has 0 atom stereocenters. The first kappa shape index (κ1) is 25.9. The molecule has 0 radical (unpaired) electrons. The lowest BCUT2D eigenvalue weighted by Crippen LogP contribution is -2.31. The fraction of sp³-hybridized carbons (Fsp3) is 0.167. The van der Waals surface area contributed by atoms with Crippen LogP contribution >= 0.6 is 24.0 Å². The number of methoxy groups -OCH3 is 1. The topological polar surface area (TPSA) is 56.6 Å². The highest BCUT2D eigenvalue weighted by molar-refractivity contribution is 8.26. The zero-order chi connectivity index (χ0) is 26.5. The monoisotopic (exact) mass is 541 g/mol. The van der Waals surface area contributed by atoms with Gasteiger partial charge in [0, 0.05) is 24.4 Å². The molecule has 0 bridgehead atoms. The second-order valence-electron chi connectivity index (χ2n) is 8.84. The summed E-state index contributed by atoms with van der Waals surface area (Å²) in [7, 11) is 1.61. The lowest BCUT2D eigenvalue weighted by Gasteiger charge is -2.12. The second kappa shape index (κ2) is 11.8. The summed E-state index contributed by atoms with van der Waals surface area (Å²) in [5.41, 5.74) is 5.78. The van der Waals surface area contributed by atoms with Gasteiger partial charge >= 0.3 is 0 Å². The molecule has 0 saturated carbocycles. The average Bonchev–Trinajstić information content (AvgIpc) is 3.48. The Bertz CT molecular complexity index is 1460. The molecule has 2 heterocycles. The number of para-hydroxylation sites is 1. The number of ether oxygens (including phenoxy) is 2. The van der Waals surface area contributed by atoms with E-state index in [1.165, 1.54) is 17.3 Å². The minimum atomic E-state index is -0.115. The highest BCUT2D eigenvalue weighted by Crippen LogP contribution is 2.35. The van der Waals surface area contributed by atoms with Crippen LogP contribution in [-0.4, -0.2) is 45.2 Å². The van der Waals surface area contributed by atoms with Gasteiger partial charge in [0.15, 0.2) is 0 Å². The maximum absolute atomic E-state index is 13.1. The fourth-order valence-corrected chi connectivity index (χ4v) is 5.31. The molecule has 192 valence electrons. The van der Waals surface area contributed by atoms with Crippen LogP contribution in [0.15, 0.2) is 90.0 Å². The van der Waals surface area contributed by atoms with Gasteiger partial charge in [0.25, 0.3) is 5.91 Å². The van der Waals surface area contributed by atoms with Crippen molar-refractivity contribution in [1.82, 2.24) is 14.7 Å². The van der Waals surface area contributed by atoms with Gasteiger partial charge in [0.2, 0.25) is 0 Å². The first-order chi connectivity index (χ1) is 18.5. The molecule has 5 rings (SSSR count). The molecule has 0 aliphatic carbocycles. The van der Waals surface area contributed by atoms with E-state index in [-0.39, 0.29) is 5.91 Å². The summed E-state index contributed by atoms with van der Waals surface area (Å²) in [4.78, 5) is 15.2. The van der Waals surface area contributed by atoms with Gasteiger partial charge in [-0.3, -0.25) is 9.69 Å². The van der Waals surface area contributed by atoms with Gasteiger partial charge in [-0.1, -0.05) is 72.0 Å². The molecule has 8 heteroatoms. The molecular weight excluding hydrogens is 514 g/mol. The number of rotatable bonds is 9. The Kier molecular flexibility index (Phi) is 8.03. The highest BCUT2D eigenvalue weighted by atomic mass is 32.2. The number of carbonyl (C=O) groups excluding carboxylic acids is 1. The predicted molar refractivity (Wildman–Crippen MR) is 156 cm³/mol. The van der Waals surface area contributed by atoms with Crippen molar-refractivity contribution in [3.8, 4) is 22.7 Å². The maximum atomic E-state index is 13.1. The minimum Gasteiger partial charge on any atom is -0.489 e. The number of benzene rings is 3. The molecule has 1 fully saturated rings. The molecule has 38 heavy (non-hydrogen) atoms. The lowest BCUT2D eigenvalue weighted by molar-refractivity contribution is -0.122. The Balaban J connectivity index is 1.43. The molecule has 0 N–H and O–H groups in total. The van der Waals surface area contributed by atoms with E-state index < -0.39 is 0 Å². The Morgan fingerprint density at radius 3 is 2.45 bits per heavy atom. The highest BCUT2D eigenvalue weighted by Gasteiger charge is 2.32. The summed E-state index contributed by atoms with van der Waals surface area (Å²) in [6.45, 7) is 3.42. The number of aromatic nitrogens is 2. The summed E-state index contributed by atoms with van der Waals surface area (Å²) in [6.07, 6.45) is 3.81. The fourth-order valence-electron chi connectivity index (χ4n) is 4.01. The van der Waals surface area contributed by atoms with Crippen LogP contribution in [0.3, 0.4) is 0 Å². The molecule has 3 aromatic carbocycles. The molecular formula is C30H27N3O3S2. The van der Waals surface area contributed by atoms with E-state index in [2.05, 4.69) is 31.2 Å². The van der Waals surface area contributed by atoms with Crippen LogP contribution in [0.1, 0.15) is 16.7 Å². The van der Waals surface area contributed by atoms with Crippen molar-refractivity contribution in [3.63, 3.8) is 0 Å². The van der Waals surface area contributed by atoms with E-state index in [4.69, 9.17) is 26.8 Å². The van der Waals surface area contributed by atoms with E-state index in [1.54, 1.807) is 12.0 Å². The first-order valence-electron chi connectivity index (χ1n) is 12.2. The van der Waals surface area contributed by atoms with Gasteiger partial charge in [-0.05, 0) is 55.0 Å². The second-order valence-corrected chi connectivity index (χ2v) is 10.5. The standard InChI is InChI=1S/C30H27N3O3S2/c1-21-8-10-22(11-9-21)20-36-26-14-12-23(13-15-26)28-24(19-33(31-28)25-6-4-3-5-7-25)18-27-29(34)32(16-17-35-2)30(37)38-27/h3-15,18-19H,16-17,20H2,1-2H3. The molecule has 1 amide bonds. The Morgan fingerprint density at radius 2 is 1.74 bits per heavy atom. The SMILES string of the molecule is COCCN1C(=O)C(=Cc2cn(-c3ccccc3)nc2-c2ccc(OCc3ccc(C)cc3)cc2)SC1=S. The largest absolute Gasteiger partial charge is 0.489 e.